The van der Waals surface area contributed by atoms with Gasteiger partial charge in [0.1, 0.15) is 0 Å². The van der Waals surface area contributed by atoms with E-state index in [4.69, 9.17) is 10.00 Å². The summed E-state index contributed by atoms with van der Waals surface area (Å²) in [6, 6.07) is 17.6. The minimum absolute atomic E-state index is 0.165. The monoisotopic (exact) mass is 512 g/mol. The van der Waals surface area contributed by atoms with Crippen LogP contribution in [-0.4, -0.2) is 47.0 Å². The molecule has 8 nitrogen and oxygen atoms in total. The highest BCUT2D eigenvalue weighted by Crippen LogP contribution is 2.30. The number of ether oxygens (including phenoxy) is 1. The molecule has 0 saturated carbocycles. The first-order valence-electron chi connectivity index (χ1n) is 12.3. The van der Waals surface area contributed by atoms with Crippen molar-refractivity contribution in [1.82, 2.24) is 20.1 Å². The van der Waals surface area contributed by atoms with Crippen LogP contribution in [0.3, 0.4) is 0 Å². The van der Waals surface area contributed by atoms with E-state index in [2.05, 4.69) is 26.8 Å². The largest absolute Gasteiger partial charge is 0.383 e. The van der Waals surface area contributed by atoms with E-state index in [1.165, 1.54) is 4.88 Å². The van der Waals surface area contributed by atoms with Gasteiger partial charge in [-0.15, -0.1) is 11.3 Å². The predicted molar refractivity (Wildman–Crippen MR) is 144 cm³/mol. The average molecular weight is 513 g/mol. The summed E-state index contributed by atoms with van der Waals surface area (Å²) in [4.78, 5) is 18.9. The van der Waals surface area contributed by atoms with Crippen molar-refractivity contribution in [2.45, 2.75) is 31.8 Å². The van der Waals surface area contributed by atoms with Crippen LogP contribution in [0, 0.1) is 11.3 Å². The second-order valence-corrected chi connectivity index (χ2v) is 10.1. The fourth-order valence-electron chi connectivity index (χ4n) is 4.47. The molecule has 0 saturated heterocycles. The SMILES string of the molecule is COCCN[C@@H]1CCc2nc(NC(=O)c3cccc(Cn4cc(-c5ccc(C#N)cc5)cn4)c3)sc2C1. The van der Waals surface area contributed by atoms with Crippen LogP contribution in [0.4, 0.5) is 5.13 Å². The molecule has 0 fully saturated rings. The number of fused-ring (bicyclic) bond motifs is 1. The van der Waals surface area contributed by atoms with E-state index in [0.717, 1.165) is 48.2 Å². The average Bonchev–Trinajstić information content (AvgIpc) is 3.55. The molecule has 5 rings (SSSR count). The Hall–Kier alpha value is -3.84. The number of aryl methyl sites for hydroxylation is 1. The summed E-state index contributed by atoms with van der Waals surface area (Å²) < 4.78 is 6.97. The molecule has 2 aromatic carbocycles. The van der Waals surface area contributed by atoms with Crippen molar-refractivity contribution in [2.75, 3.05) is 25.6 Å². The first kappa shape index (κ1) is 24.8. The van der Waals surface area contributed by atoms with E-state index in [9.17, 15) is 4.79 Å². The second kappa shape index (κ2) is 11.5. The Morgan fingerprint density at radius 1 is 1.24 bits per heavy atom. The van der Waals surface area contributed by atoms with E-state index < -0.39 is 0 Å². The molecular formula is C28H28N6O2S. The van der Waals surface area contributed by atoms with Gasteiger partial charge in [0.15, 0.2) is 5.13 Å². The molecule has 0 bridgehead atoms. The number of anilines is 1. The van der Waals surface area contributed by atoms with Crippen LogP contribution in [0.15, 0.2) is 60.9 Å². The number of carbonyl (C=O) groups excluding carboxylic acids is 1. The van der Waals surface area contributed by atoms with Crippen molar-refractivity contribution in [1.29, 1.82) is 5.26 Å². The number of nitrogens with one attached hydrogen (secondary N) is 2. The highest BCUT2D eigenvalue weighted by Gasteiger charge is 2.23. The number of hydrogen-bond acceptors (Lipinski definition) is 7. The van der Waals surface area contributed by atoms with Gasteiger partial charge in [0.2, 0.25) is 0 Å². The molecule has 1 atom stereocenters. The third kappa shape index (κ3) is 6.12. The van der Waals surface area contributed by atoms with E-state index in [1.54, 1.807) is 36.8 Å². The van der Waals surface area contributed by atoms with Crippen molar-refractivity contribution in [3.8, 4) is 17.2 Å². The lowest BCUT2D eigenvalue weighted by Crippen LogP contribution is -2.36. The molecule has 9 heteroatoms. The molecule has 0 aliphatic heterocycles. The molecule has 0 radical (unpaired) electrons. The third-order valence-electron chi connectivity index (χ3n) is 6.41. The Bertz CT molecular complexity index is 1420. The molecule has 37 heavy (non-hydrogen) atoms. The minimum Gasteiger partial charge on any atom is -0.383 e. The summed E-state index contributed by atoms with van der Waals surface area (Å²) in [7, 11) is 1.71. The Balaban J connectivity index is 1.21. The van der Waals surface area contributed by atoms with Crippen LogP contribution in [-0.2, 0) is 24.1 Å². The number of nitriles is 1. The van der Waals surface area contributed by atoms with Gasteiger partial charge < -0.3 is 10.1 Å². The summed E-state index contributed by atoms with van der Waals surface area (Å²) in [6.07, 6.45) is 6.65. The molecule has 2 aromatic heterocycles. The molecule has 1 aliphatic rings. The summed E-state index contributed by atoms with van der Waals surface area (Å²) in [5, 5.41) is 20.6. The quantitative estimate of drug-likeness (QED) is 0.325. The number of aromatic nitrogens is 3. The molecule has 188 valence electrons. The van der Waals surface area contributed by atoms with Crippen LogP contribution in [0.2, 0.25) is 0 Å². The summed E-state index contributed by atoms with van der Waals surface area (Å²) >= 11 is 1.56. The van der Waals surface area contributed by atoms with Gasteiger partial charge >= 0.3 is 0 Å². The maximum absolute atomic E-state index is 13.0. The van der Waals surface area contributed by atoms with Gasteiger partial charge in [-0.3, -0.25) is 14.8 Å². The van der Waals surface area contributed by atoms with E-state index in [-0.39, 0.29) is 5.91 Å². The number of benzene rings is 2. The summed E-state index contributed by atoms with van der Waals surface area (Å²) in [6.45, 7) is 2.08. The molecule has 4 aromatic rings. The van der Waals surface area contributed by atoms with Crippen LogP contribution in [0.25, 0.3) is 11.1 Å². The maximum atomic E-state index is 13.0. The van der Waals surface area contributed by atoms with E-state index >= 15 is 0 Å². The molecule has 0 unspecified atom stereocenters. The van der Waals surface area contributed by atoms with Crippen molar-refractivity contribution in [2.24, 2.45) is 0 Å². The van der Waals surface area contributed by atoms with Crippen LogP contribution < -0.4 is 10.6 Å². The number of thiazole rings is 1. The Morgan fingerprint density at radius 2 is 2.11 bits per heavy atom. The van der Waals surface area contributed by atoms with Gasteiger partial charge in [0, 0.05) is 41.9 Å². The first-order chi connectivity index (χ1) is 18.1. The molecule has 2 heterocycles. The number of nitrogens with zero attached hydrogens (tertiary/aromatic N) is 4. The molecule has 2 N–H and O–H groups in total. The molecule has 1 aliphatic carbocycles. The Labute approximate surface area is 219 Å². The lowest BCUT2D eigenvalue weighted by Gasteiger charge is -2.22. The lowest BCUT2D eigenvalue weighted by atomic mass is 9.98. The predicted octanol–water partition coefficient (Wildman–Crippen LogP) is 4.27. The second-order valence-electron chi connectivity index (χ2n) is 9.05. The van der Waals surface area contributed by atoms with Crippen molar-refractivity contribution in [3.63, 3.8) is 0 Å². The fourth-order valence-corrected chi connectivity index (χ4v) is 5.55. The van der Waals surface area contributed by atoms with E-state index in [0.29, 0.717) is 35.5 Å². The van der Waals surface area contributed by atoms with Gasteiger partial charge in [-0.2, -0.15) is 10.4 Å². The van der Waals surface area contributed by atoms with Gasteiger partial charge in [-0.25, -0.2) is 4.98 Å². The zero-order valence-corrected chi connectivity index (χ0v) is 21.4. The topological polar surface area (TPSA) is 105 Å². The third-order valence-corrected chi connectivity index (χ3v) is 7.45. The summed E-state index contributed by atoms with van der Waals surface area (Å²) in [5.74, 6) is -0.165. The van der Waals surface area contributed by atoms with Crippen molar-refractivity contribution >= 4 is 22.4 Å². The highest BCUT2D eigenvalue weighted by atomic mass is 32.1. The molecule has 1 amide bonds. The first-order valence-corrected chi connectivity index (χ1v) is 13.1. The minimum atomic E-state index is -0.165. The van der Waals surface area contributed by atoms with Gasteiger partial charge in [0.25, 0.3) is 5.91 Å². The smallest absolute Gasteiger partial charge is 0.257 e. The van der Waals surface area contributed by atoms with Crippen LogP contribution >= 0.6 is 11.3 Å². The number of methoxy groups -OCH3 is 1. The standard InChI is InChI=1S/C28H28N6O2S/c1-36-12-11-30-24-9-10-25-26(14-24)37-28(32-25)33-27(35)22-4-2-3-20(13-22)17-34-18-23(16-31-34)21-7-5-19(15-29)6-8-21/h2-8,13,16,18,24,30H,9-12,14,17H2,1H3,(H,32,33,35)/t24-/m1/s1. The van der Waals surface area contributed by atoms with Crippen LogP contribution in [0.1, 0.15) is 38.5 Å². The van der Waals surface area contributed by atoms with Gasteiger partial charge in [-0.1, -0.05) is 24.3 Å². The maximum Gasteiger partial charge on any atom is 0.257 e. The molecule has 0 spiro atoms. The zero-order valence-electron chi connectivity index (χ0n) is 20.6. The summed E-state index contributed by atoms with van der Waals surface area (Å²) in [5.41, 5.74) is 5.26. The number of hydrogen-bond donors (Lipinski definition) is 2. The van der Waals surface area contributed by atoms with Crippen LogP contribution in [0.5, 0.6) is 0 Å². The lowest BCUT2D eigenvalue weighted by molar-refractivity contribution is 0.102. The zero-order chi connectivity index (χ0) is 25.6. The fraction of sp³-hybridized carbons (Fsp3) is 0.286. The Morgan fingerprint density at radius 3 is 2.92 bits per heavy atom. The Kier molecular flexibility index (Phi) is 7.70. The van der Waals surface area contributed by atoms with Crippen molar-refractivity contribution < 1.29 is 9.53 Å². The number of amides is 1. The van der Waals surface area contributed by atoms with Crippen molar-refractivity contribution in [3.05, 3.63) is 88.2 Å². The number of carbonyl (C=O) groups is 1. The highest BCUT2D eigenvalue weighted by molar-refractivity contribution is 7.15. The number of rotatable bonds is 9. The van der Waals surface area contributed by atoms with Gasteiger partial charge in [0.05, 0.1) is 36.7 Å². The molecular weight excluding hydrogens is 484 g/mol. The normalized spacial score (nSPS) is 14.6. The van der Waals surface area contributed by atoms with Gasteiger partial charge in [-0.05, 0) is 54.7 Å². The van der Waals surface area contributed by atoms with E-state index in [1.807, 2.05) is 47.3 Å².